The number of rotatable bonds is 7. The third-order valence-corrected chi connectivity index (χ3v) is 17.9. The van der Waals surface area contributed by atoms with Crippen LogP contribution in [0.2, 0.25) is 0 Å². The Balaban J connectivity index is 1.49. The lowest BCUT2D eigenvalue weighted by Gasteiger charge is -2.40. The Morgan fingerprint density at radius 3 is 0.857 bits per heavy atom. The molecule has 0 nitrogen and oxygen atoms in total. The smallest absolute Gasteiger partial charge is 0.0181 e. The molecule has 162 valence electrons. The van der Waals surface area contributed by atoms with Gasteiger partial charge in [-0.05, 0) is 84.3 Å². The van der Waals surface area contributed by atoms with Gasteiger partial charge in [0.25, 0.3) is 0 Å². The SMILES string of the molecule is CC1CCC[C@H]1P(CCP([C@@H]1CCC[C@@H]1C)[C@H]1CCC[C@@H]1C)[C@H]1CCCC1C. The Kier molecular flexibility index (Phi) is 7.87. The monoisotopic (exact) mass is 422 g/mol. The Bertz CT molecular complexity index is 407. The van der Waals surface area contributed by atoms with Gasteiger partial charge in [-0.1, -0.05) is 94.9 Å². The molecule has 4 aliphatic carbocycles. The minimum Gasteiger partial charge on any atom is -0.0995 e. The fourth-order valence-corrected chi connectivity index (χ4v) is 17.3. The zero-order valence-electron chi connectivity index (χ0n) is 19.4. The molecule has 0 heterocycles. The van der Waals surface area contributed by atoms with Gasteiger partial charge in [0.05, 0.1) is 0 Å². The second kappa shape index (κ2) is 9.99. The summed E-state index contributed by atoms with van der Waals surface area (Å²) in [6.45, 7) is 10.5. The first-order valence-electron chi connectivity index (χ1n) is 13.1. The summed E-state index contributed by atoms with van der Waals surface area (Å²) in [5, 5.41) is 0. The molecule has 0 aromatic rings. The summed E-state index contributed by atoms with van der Waals surface area (Å²) >= 11 is 0. The summed E-state index contributed by atoms with van der Waals surface area (Å²) < 4.78 is 0. The first-order chi connectivity index (χ1) is 13.6. The van der Waals surface area contributed by atoms with Crippen LogP contribution >= 0.6 is 15.8 Å². The van der Waals surface area contributed by atoms with E-state index in [1.807, 2.05) is 0 Å². The minimum absolute atomic E-state index is 0.285. The van der Waals surface area contributed by atoms with E-state index >= 15 is 0 Å². The Hall–Kier alpha value is 0.860. The molecular formula is C26H48P2. The summed E-state index contributed by atoms with van der Waals surface area (Å²) in [6.07, 6.45) is 22.0. The second-order valence-electron chi connectivity index (χ2n) is 11.4. The van der Waals surface area contributed by atoms with Gasteiger partial charge in [0, 0.05) is 0 Å². The predicted molar refractivity (Wildman–Crippen MR) is 131 cm³/mol. The third-order valence-electron chi connectivity index (χ3n) is 9.59. The Morgan fingerprint density at radius 2 is 0.679 bits per heavy atom. The average Bonchev–Trinajstić information content (AvgIpc) is 3.45. The zero-order chi connectivity index (χ0) is 19.7. The summed E-state index contributed by atoms with van der Waals surface area (Å²) in [6, 6.07) is 0. The van der Waals surface area contributed by atoms with Gasteiger partial charge < -0.3 is 0 Å². The van der Waals surface area contributed by atoms with Gasteiger partial charge in [0.1, 0.15) is 0 Å². The highest BCUT2D eigenvalue weighted by Gasteiger charge is 2.42. The fourth-order valence-electron chi connectivity index (χ4n) is 7.86. The van der Waals surface area contributed by atoms with Crippen LogP contribution in [-0.2, 0) is 0 Å². The summed E-state index contributed by atoms with van der Waals surface area (Å²) in [7, 11) is 0.570. The normalized spacial score (nSPS) is 46.3. The largest absolute Gasteiger partial charge is 0.0995 e. The lowest BCUT2D eigenvalue weighted by Crippen LogP contribution is -2.26. The molecule has 4 aliphatic rings. The van der Waals surface area contributed by atoms with Crippen molar-refractivity contribution < 1.29 is 0 Å². The van der Waals surface area contributed by atoms with E-state index in [4.69, 9.17) is 0 Å². The molecule has 4 saturated carbocycles. The number of hydrogen-bond acceptors (Lipinski definition) is 0. The van der Waals surface area contributed by atoms with Crippen molar-refractivity contribution in [2.45, 2.75) is 127 Å². The molecule has 0 amide bonds. The number of hydrogen-bond donors (Lipinski definition) is 0. The van der Waals surface area contributed by atoms with E-state index in [1.54, 1.807) is 89.4 Å². The van der Waals surface area contributed by atoms with Gasteiger partial charge in [-0.15, -0.1) is 0 Å². The van der Waals surface area contributed by atoms with Gasteiger partial charge in [-0.3, -0.25) is 0 Å². The van der Waals surface area contributed by atoms with E-state index in [9.17, 15) is 0 Å². The first kappa shape index (κ1) is 22.1. The lowest BCUT2D eigenvalue weighted by atomic mass is 10.1. The molecule has 10 atom stereocenters. The minimum atomic E-state index is 0.285. The molecule has 0 aliphatic heterocycles. The molecule has 2 heteroatoms. The maximum atomic E-state index is 2.62. The first-order valence-corrected chi connectivity index (χ1v) is 16.4. The van der Waals surface area contributed by atoms with Crippen molar-refractivity contribution in [2.24, 2.45) is 23.7 Å². The highest BCUT2D eigenvalue weighted by molar-refractivity contribution is 7.63. The van der Waals surface area contributed by atoms with Gasteiger partial charge in [-0.2, -0.15) is 0 Å². The van der Waals surface area contributed by atoms with Crippen LogP contribution in [0, 0.1) is 23.7 Å². The topological polar surface area (TPSA) is 0 Å². The van der Waals surface area contributed by atoms with Crippen LogP contribution in [0.1, 0.15) is 105 Å². The van der Waals surface area contributed by atoms with Crippen LogP contribution in [-0.4, -0.2) is 35.0 Å². The van der Waals surface area contributed by atoms with Crippen molar-refractivity contribution in [3.8, 4) is 0 Å². The lowest BCUT2D eigenvalue weighted by molar-refractivity contribution is 0.583. The molecule has 4 rings (SSSR count). The molecular weight excluding hydrogens is 374 g/mol. The van der Waals surface area contributed by atoms with Gasteiger partial charge in [-0.25, -0.2) is 0 Å². The average molecular weight is 423 g/mol. The third kappa shape index (κ3) is 4.69. The van der Waals surface area contributed by atoms with E-state index in [0.717, 1.165) is 46.3 Å². The summed E-state index contributed by atoms with van der Waals surface area (Å²) in [5.74, 6) is 4.17. The van der Waals surface area contributed by atoms with Gasteiger partial charge in [0.2, 0.25) is 0 Å². The Labute approximate surface area is 179 Å². The molecule has 0 radical (unpaired) electrons. The molecule has 0 aromatic heterocycles. The van der Waals surface area contributed by atoms with Crippen LogP contribution in [0.25, 0.3) is 0 Å². The predicted octanol–water partition coefficient (Wildman–Crippen LogP) is 8.70. The van der Waals surface area contributed by atoms with Crippen molar-refractivity contribution >= 4 is 15.8 Å². The van der Waals surface area contributed by atoms with Crippen molar-refractivity contribution in [1.82, 2.24) is 0 Å². The van der Waals surface area contributed by atoms with E-state index in [2.05, 4.69) is 27.7 Å². The molecule has 0 saturated heterocycles. The van der Waals surface area contributed by atoms with Crippen molar-refractivity contribution in [3.05, 3.63) is 0 Å². The van der Waals surface area contributed by atoms with E-state index in [-0.39, 0.29) is 15.8 Å². The van der Waals surface area contributed by atoms with Crippen LogP contribution in [0.5, 0.6) is 0 Å². The molecule has 0 aromatic carbocycles. The van der Waals surface area contributed by atoms with Crippen LogP contribution < -0.4 is 0 Å². The highest BCUT2D eigenvalue weighted by atomic mass is 31.1. The van der Waals surface area contributed by atoms with Crippen LogP contribution in [0.3, 0.4) is 0 Å². The van der Waals surface area contributed by atoms with Crippen molar-refractivity contribution in [2.75, 3.05) is 12.3 Å². The van der Waals surface area contributed by atoms with E-state index in [1.165, 1.54) is 0 Å². The van der Waals surface area contributed by atoms with Gasteiger partial charge >= 0.3 is 0 Å². The summed E-state index contributed by atoms with van der Waals surface area (Å²) in [4.78, 5) is 0. The van der Waals surface area contributed by atoms with Gasteiger partial charge in [0.15, 0.2) is 0 Å². The molecule has 4 fully saturated rings. The second-order valence-corrected chi connectivity index (χ2v) is 17.0. The van der Waals surface area contributed by atoms with E-state index in [0.29, 0.717) is 0 Å². The van der Waals surface area contributed by atoms with Crippen LogP contribution in [0.15, 0.2) is 0 Å². The van der Waals surface area contributed by atoms with Crippen LogP contribution in [0.4, 0.5) is 0 Å². The quantitative estimate of drug-likeness (QED) is 0.360. The summed E-state index contributed by atoms with van der Waals surface area (Å²) in [5.41, 5.74) is 4.55. The van der Waals surface area contributed by atoms with E-state index < -0.39 is 0 Å². The Morgan fingerprint density at radius 1 is 0.429 bits per heavy atom. The molecule has 4 unspecified atom stereocenters. The molecule has 0 spiro atoms. The molecule has 0 N–H and O–H groups in total. The van der Waals surface area contributed by atoms with Crippen molar-refractivity contribution in [3.63, 3.8) is 0 Å². The maximum Gasteiger partial charge on any atom is -0.0181 e. The molecule has 28 heavy (non-hydrogen) atoms. The highest BCUT2D eigenvalue weighted by Crippen LogP contribution is 2.65. The zero-order valence-corrected chi connectivity index (χ0v) is 21.2. The molecule has 0 bridgehead atoms. The standard InChI is InChI=1S/C26H48P2/c1-19-9-5-13-23(19)27(24-14-6-10-20(24)2)17-18-28(25-15-7-11-21(25)3)26-16-8-12-22(26)4/h19-26H,5-18H2,1-4H3/t19-,20-,21?,22?,23-,24+,25-,26+,27?,28?/m0/s1. The maximum absolute atomic E-state index is 2.62. The fraction of sp³-hybridized carbons (Fsp3) is 1.00. The van der Waals surface area contributed by atoms with Crippen molar-refractivity contribution in [1.29, 1.82) is 0 Å².